The second kappa shape index (κ2) is 4.34. The van der Waals surface area contributed by atoms with Crippen LogP contribution in [0.25, 0.3) is 0 Å². The summed E-state index contributed by atoms with van der Waals surface area (Å²) in [6.45, 7) is 1.11. The van der Waals surface area contributed by atoms with E-state index in [-0.39, 0.29) is 0 Å². The summed E-state index contributed by atoms with van der Waals surface area (Å²) in [6, 6.07) is 0.753. The van der Waals surface area contributed by atoms with Crippen molar-refractivity contribution in [3.8, 4) is 11.5 Å². The standard InChI is InChI=1S/C10H10F2O4/c1-4(10(14)15)7-8(11)5(13)3-6(16-2)9(7)12/h3-4,13H,1-2H3,(H,14,15). The molecule has 1 rings (SSSR count). The van der Waals surface area contributed by atoms with Crippen molar-refractivity contribution in [3.05, 3.63) is 23.3 Å². The minimum absolute atomic E-state index is 0.401. The summed E-state index contributed by atoms with van der Waals surface area (Å²) < 4.78 is 31.5. The molecule has 0 aliphatic heterocycles. The summed E-state index contributed by atoms with van der Waals surface area (Å²) in [5.41, 5.74) is -0.718. The fourth-order valence-electron chi connectivity index (χ4n) is 1.27. The molecule has 0 fully saturated rings. The van der Waals surface area contributed by atoms with E-state index in [0.29, 0.717) is 0 Å². The summed E-state index contributed by atoms with van der Waals surface area (Å²) in [5, 5.41) is 17.8. The topological polar surface area (TPSA) is 66.8 Å². The van der Waals surface area contributed by atoms with Crippen LogP contribution in [0.3, 0.4) is 0 Å². The number of aliphatic carboxylic acids is 1. The van der Waals surface area contributed by atoms with Crippen molar-refractivity contribution < 1.29 is 28.5 Å². The molecule has 0 spiro atoms. The molecule has 1 atom stereocenters. The van der Waals surface area contributed by atoms with Gasteiger partial charge in [0.05, 0.1) is 13.0 Å². The lowest BCUT2D eigenvalue weighted by Crippen LogP contribution is -2.12. The highest BCUT2D eigenvalue weighted by molar-refractivity contribution is 5.76. The molecule has 6 heteroatoms. The van der Waals surface area contributed by atoms with Gasteiger partial charge in [0.1, 0.15) is 0 Å². The Labute approximate surface area is 90.1 Å². The number of benzene rings is 1. The lowest BCUT2D eigenvalue weighted by Gasteiger charge is -2.13. The maximum Gasteiger partial charge on any atom is 0.310 e. The van der Waals surface area contributed by atoms with Crippen LogP contribution in [0.1, 0.15) is 18.4 Å². The zero-order chi connectivity index (χ0) is 12.5. The first-order valence-electron chi connectivity index (χ1n) is 4.37. The zero-order valence-corrected chi connectivity index (χ0v) is 8.62. The Morgan fingerprint density at radius 1 is 1.44 bits per heavy atom. The number of aromatic hydroxyl groups is 1. The van der Waals surface area contributed by atoms with Gasteiger partial charge >= 0.3 is 5.97 Å². The molecule has 16 heavy (non-hydrogen) atoms. The number of hydrogen-bond acceptors (Lipinski definition) is 3. The Hall–Kier alpha value is -1.85. The number of carboxylic acids is 1. The molecule has 0 aliphatic rings. The largest absolute Gasteiger partial charge is 0.505 e. The van der Waals surface area contributed by atoms with Crippen molar-refractivity contribution in [3.63, 3.8) is 0 Å². The van der Waals surface area contributed by atoms with Crippen molar-refractivity contribution in [1.29, 1.82) is 0 Å². The summed E-state index contributed by atoms with van der Waals surface area (Å²) >= 11 is 0. The number of phenols is 1. The zero-order valence-electron chi connectivity index (χ0n) is 8.62. The highest BCUT2D eigenvalue weighted by atomic mass is 19.1. The van der Waals surface area contributed by atoms with Gasteiger partial charge in [0.15, 0.2) is 23.1 Å². The van der Waals surface area contributed by atoms with Gasteiger partial charge in [-0.2, -0.15) is 0 Å². The molecule has 0 aliphatic carbocycles. The molecule has 1 unspecified atom stereocenters. The Bertz CT molecular complexity index is 431. The van der Waals surface area contributed by atoms with Crippen LogP contribution in [0.5, 0.6) is 11.5 Å². The molecule has 0 saturated carbocycles. The first kappa shape index (κ1) is 12.2. The maximum atomic E-state index is 13.6. The van der Waals surface area contributed by atoms with E-state index in [4.69, 9.17) is 10.2 Å². The Morgan fingerprint density at radius 3 is 2.44 bits per heavy atom. The molecular weight excluding hydrogens is 222 g/mol. The SMILES string of the molecule is COc1cc(O)c(F)c(C(C)C(=O)O)c1F. The molecule has 0 saturated heterocycles. The van der Waals surface area contributed by atoms with Crippen LogP contribution in [0.15, 0.2) is 6.07 Å². The second-order valence-electron chi connectivity index (χ2n) is 3.20. The van der Waals surface area contributed by atoms with Gasteiger partial charge < -0.3 is 14.9 Å². The minimum atomic E-state index is -1.42. The maximum absolute atomic E-state index is 13.6. The van der Waals surface area contributed by atoms with Gasteiger partial charge in [-0.1, -0.05) is 0 Å². The van der Waals surface area contributed by atoms with E-state index in [2.05, 4.69) is 4.74 Å². The van der Waals surface area contributed by atoms with Gasteiger partial charge in [0, 0.05) is 11.6 Å². The lowest BCUT2D eigenvalue weighted by atomic mass is 9.99. The van der Waals surface area contributed by atoms with E-state index < -0.39 is 40.6 Å². The summed E-state index contributed by atoms with van der Waals surface area (Å²) in [5.74, 6) is -6.46. The molecule has 0 radical (unpaired) electrons. The number of rotatable bonds is 3. The predicted molar refractivity (Wildman–Crippen MR) is 50.6 cm³/mol. The molecule has 4 nitrogen and oxygen atoms in total. The molecule has 1 aromatic carbocycles. The first-order valence-corrected chi connectivity index (χ1v) is 4.37. The Kier molecular flexibility index (Phi) is 3.31. The normalized spacial score (nSPS) is 12.2. The van der Waals surface area contributed by atoms with E-state index in [1.54, 1.807) is 0 Å². The molecule has 0 aromatic heterocycles. The van der Waals surface area contributed by atoms with Gasteiger partial charge in [0.25, 0.3) is 0 Å². The summed E-state index contributed by atoms with van der Waals surface area (Å²) in [7, 11) is 1.13. The average Bonchev–Trinajstić information content (AvgIpc) is 2.23. The van der Waals surface area contributed by atoms with Crippen molar-refractivity contribution in [2.24, 2.45) is 0 Å². The fraction of sp³-hybridized carbons (Fsp3) is 0.300. The van der Waals surface area contributed by atoms with Crippen molar-refractivity contribution >= 4 is 5.97 Å². The summed E-state index contributed by atoms with van der Waals surface area (Å²) in [6.07, 6.45) is 0. The molecule has 0 amide bonds. The van der Waals surface area contributed by atoms with Crippen molar-refractivity contribution in [1.82, 2.24) is 0 Å². The van der Waals surface area contributed by atoms with E-state index in [1.807, 2.05) is 0 Å². The predicted octanol–water partition coefficient (Wildman–Crippen LogP) is 1.87. The van der Waals surface area contributed by atoms with Crippen molar-refractivity contribution in [2.75, 3.05) is 7.11 Å². The van der Waals surface area contributed by atoms with E-state index >= 15 is 0 Å². The third-order valence-electron chi connectivity index (χ3n) is 2.21. The number of ether oxygens (including phenoxy) is 1. The number of hydrogen-bond donors (Lipinski definition) is 2. The third kappa shape index (κ3) is 1.91. The number of phenolic OH excluding ortho intramolecular Hbond substituents is 1. The number of carboxylic acid groups (broad SMARTS) is 1. The molecule has 88 valence electrons. The quantitative estimate of drug-likeness (QED) is 0.834. The molecule has 1 aromatic rings. The van der Waals surface area contributed by atoms with Gasteiger partial charge in [0.2, 0.25) is 0 Å². The molecule has 2 N–H and O–H groups in total. The number of methoxy groups -OCH3 is 1. The highest BCUT2D eigenvalue weighted by Crippen LogP contribution is 2.34. The minimum Gasteiger partial charge on any atom is -0.505 e. The van der Waals surface area contributed by atoms with E-state index in [0.717, 1.165) is 20.1 Å². The van der Waals surface area contributed by atoms with Gasteiger partial charge in [-0.3, -0.25) is 4.79 Å². The number of carbonyl (C=O) groups is 1. The highest BCUT2D eigenvalue weighted by Gasteiger charge is 2.27. The van der Waals surface area contributed by atoms with Crippen LogP contribution in [-0.4, -0.2) is 23.3 Å². The van der Waals surface area contributed by atoms with Crippen LogP contribution in [0.2, 0.25) is 0 Å². The van der Waals surface area contributed by atoms with Crippen LogP contribution in [0, 0.1) is 11.6 Å². The van der Waals surface area contributed by atoms with E-state index in [9.17, 15) is 13.6 Å². The Balaban J connectivity index is 3.47. The first-order chi connectivity index (χ1) is 7.40. The van der Waals surface area contributed by atoms with Crippen molar-refractivity contribution in [2.45, 2.75) is 12.8 Å². The van der Waals surface area contributed by atoms with E-state index in [1.165, 1.54) is 0 Å². The van der Waals surface area contributed by atoms with Crippen LogP contribution in [-0.2, 0) is 4.79 Å². The monoisotopic (exact) mass is 232 g/mol. The second-order valence-corrected chi connectivity index (χ2v) is 3.20. The third-order valence-corrected chi connectivity index (χ3v) is 2.21. The van der Waals surface area contributed by atoms with Crippen LogP contribution >= 0.6 is 0 Å². The molecule has 0 heterocycles. The molecular formula is C10H10F2O4. The smallest absolute Gasteiger partial charge is 0.310 e. The average molecular weight is 232 g/mol. The van der Waals surface area contributed by atoms with Gasteiger partial charge in [-0.05, 0) is 6.92 Å². The van der Waals surface area contributed by atoms with Gasteiger partial charge in [-0.25, -0.2) is 8.78 Å². The molecule has 0 bridgehead atoms. The van der Waals surface area contributed by atoms with Crippen LogP contribution in [0.4, 0.5) is 8.78 Å². The lowest BCUT2D eigenvalue weighted by molar-refractivity contribution is -0.138. The van der Waals surface area contributed by atoms with Gasteiger partial charge in [-0.15, -0.1) is 0 Å². The fourth-order valence-corrected chi connectivity index (χ4v) is 1.27. The summed E-state index contributed by atoms with van der Waals surface area (Å²) in [4.78, 5) is 10.7. The number of halogens is 2. The Morgan fingerprint density at radius 2 is 2.00 bits per heavy atom. The van der Waals surface area contributed by atoms with Crippen LogP contribution < -0.4 is 4.74 Å².